The van der Waals surface area contributed by atoms with Crippen LogP contribution in [0.25, 0.3) is 22.5 Å². The number of thioether (sulfide) groups is 1. The van der Waals surface area contributed by atoms with Gasteiger partial charge in [0, 0.05) is 26.9 Å². The quantitative estimate of drug-likeness (QED) is 0.286. The molecule has 0 saturated heterocycles. The number of hydrogen-bond acceptors (Lipinski definition) is 5. The predicted octanol–water partition coefficient (Wildman–Crippen LogP) is 6.81. The standard InChI is InChI=1S/C25H20Cl2N4OS/c1-2-16-4-3-5-21(14-16)28-22(32)15-33-25-29-23(17-6-10-19(26)11-7-17)24(30-31-25)18-8-12-20(27)13-9-18/h3-14H,2,15H2,1H3,(H,28,32). The number of carbonyl (C=O) groups is 1. The van der Waals surface area contributed by atoms with Gasteiger partial charge in [-0.3, -0.25) is 4.79 Å². The third-order valence-electron chi connectivity index (χ3n) is 4.85. The summed E-state index contributed by atoms with van der Waals surface area (Å²) in [6.07, 6.45) is 0.908. The van der Waals surface area contributed by atoms with Crippen molar-refractivity contribution in [3.63, 3.8) is 0 Å². The number of rotatable bonds is 7. The lowest BCUT2D eigenvalue weighted by atomic mass is 10.0. The number of hydrogen-bond donors (Lipinski definition) is 1. The van der Waals surface area contributed by atoms with Gasteiger partial charge in [-0.1, -0.05) is 78.3 Å². The van der Waals surface area contributed by atoms with Gasteiger partial charge in [0.05, 0.1) is 5.75 Å². The first-order chi connectivity index (χ1) is 16.0. The smallest absolute Gasteiger partial charge is 0.234 e. The van der Waals surface area contributed by atoms with Crippen LogP contribution < -0.4 is 5.32 Å². The Bertz CT molecular complexity index is 1260. The van der Waals surface area contributed by atoms with E-state index < -0.39 is 0 Å². The van der Waals surface area contributed by atoms with Crippen molar-refractivity contribution in [2.45, 2.75) is 18.5 Å². The first-order valence-electron chi connectivity index (χ1n) is 10.3. The van der Waals surface area contributed by atoms with Crippen LogP contribution >= 0.6 is 35.0 Å². The molecule has 0 aliphatic heterocycles. The molecule has 166 valence electrons. The Morgan fingerprint density at radius 1 is 0.879 bits per heavy atom. The van der Waals surface area contributed by atoms with E-state index in [0.29, 0.717) is 26.6 Å². The van der Waals surface area contributed by atoms with E-state index in [1.54, 1.807) is 24.3 Å². The first kappa shape index (κ1) is 23.2. The van der Waals surface area contributed by atoms with E-state index in [-0.39, 0.29) is 11.7 Å². The van der Waals surface area contributed by atoms with Crippen LogP contribution in [0.15, 0.2) is 78.0 Å². The number of nitrogens with zero attached hydrogens (tertiary/aromatic N) is 3. The molecule has 0 saturated carbocycles. The van der Waals surface area contributed by atoms with E-state index in [1.165, 1.54) is 17.3 Å². The fraction of sp³-hybridized carbons (Fsp3) is 0.120. The molecule has 33 heavy (non-hydrogen) atoms. The summed E-state index contributed by atoms with van der Waals surface area (Å²) in [7, 11) is 0. The Labute approximate surface area is 206 Å². The molecule has 0 bridgehead atoms. The molecule has 0 unspecified atom stereocenters. The lowest BCUT2D eigenvalue weighted by molar-refractivity contribution is -0.113. The molecule has 0 atom stereocenters. The molecule has 1 aromatic heterocycles. The number of anilines is 1. The van der Waals surface area contributed by atoms with Gasteiger partial charge in [0.15, 0.2) is 0 Å². The van der Waals surface area contributed by atoms with Gasteiger partial charge in [0.25, 0.3) is 0 Å². The van der Waals surface area contributed by atoms with Gasteiger partial charge in [-0.25, -0.2) is 4.98 Å². The molecule has 0 radical (unpaired) electrons. The molecule has 8 heteroatoms. The molecular formula is C25H20Cl2N4OS. The van der Waals surface area contributed by atoms with Crippen molar-refractivity contribution in [2.24, 2.45) is 0 Å². The van der Waals surface area contributed by atoms with Gasteiger partial charge in [-0.05, 0) is 48.4 Å². The molecular weight excluding hydrogens is 475 g/mol. The normalized spacial score (nSPS) is 10.8. The fourth-order valence-corrected chi connectivity index (χ4v) is 4.02. The molecule has 0 aliphatic rings. The minimum absolute atomic E-state index is 0.133. The first-order valence-corrected chi connectivity index (χ1v) is 12.0. The van der Waals surface area contributed by atoms with Crippen LogP contribution in [0.4, 0.5) is 5.69 Å². The second-order valence-electron chi connectivity index (χ2n) is 7.20. The summed E-state index contributed by atoms with van der Waals surface area (Å²) in [5.41, 5.74) is 4.91. The Kier molecular flexibility index (Phi) is 7.60. The topological polar surface area (TPSA) is 67.8 Å². The van der Waals surface area contributed by atoms with Crippen molar-refractivity contribution in [3.8, 4) is 22.5 Å². The van der Waals surface area contributed by atoms with E-state index in [9.17, 15) is 4.79 Å². The molecule has 0 aliphatic carbocycles. The molecule has 4 rings (SSSR count). The fourth-order valence-electron chi connectivity index (χ4n) is 3.18. The maximum atomic E-state index is 12.5. The molecule has 1 heterocycles. The summed E-state index contributed by atoms with van der Waals surface area (Å²) in [6.45, 7) is 2.08. The second kappa shape index (κ2) is 10.8. The lowest BCUT2D eigenvalue weighted by Crippen LogP contribution is -2.14. The lowest BCUT2D eigenvalue weighted by Gasteiger charge is -2.10. The van der Waals surface area contributed by atoms with Crippen LogP contribution in [0.2, 0.25) is 10.0 Å². The van der Waals surface area contributed by atoms with E-state index in [1.807, 2.05) is 48.5 Å². The number of benzene rings is 3. The van der Waals surface area contributed by atoms with E-state index in [4.69, 9.17) is 28.2 Å². The van der Waals surface area contributed by atoms with E-state index >= 15 is 0 Å². The van der Waals surface area contributed by atoms with Crippen LogP contribution in [0.3, 0.4) is 0 Å². The number of nitrogens with one attached hydrogen (secondary N) is 1. The van der Waals surface area contributed by atoms with Crippen molar-refractivity contribution >= 4 is 46.6 Å². The van der Waals surface area contributed by atoms with E-state index in [2.05, 4.69) is 22.4 Å². The highest BCUT2D eigenvalue weighted by atomic mass is 35.5. The van der Waals surface area contributed by atoms with Crippen LogP contribution in [0.5, 0.6) is 0 Å². The SMILES string of the molecule is CCc1cccc(NC(=O)CSc2nnc(-c3ccc(Cl)cc3)c(-c3ccc(Cl)cc3)n2)c1. The second-order valence-corrected chi connectivity index (χ2v) is 9.01. The Balaban J connectivity index is 1.56. The number of aromatic nitrogens is 3. The molecule has 5 nitrogen and oxygen atoms in total. The number of amides is 1. The highest BCUT2D eigenvalue weighted by Crippen LogP contribution is 2.31. The zero-order valence-electron chi connectivity index (χ0n) is 17.8. The molecule has 3 aromatic carbocycles. The minimum atomic E-state index is -0.133. The summed E-state index contributed by atoms with van der Waals surface area (Å²) in [4.78, 5) is 17.2. The van der Waals surface area contributed by atoms with Gasteiger partial charge < -0.3 is 5.32 Å². The largest absolute Gasteiger partial charge is 0.325 e. The number of halogens is 2. The average Bonchev–Trinajstić information content (AvgIpc) is 2.84. The van der Waals surface area contributed by atoms with Crippen molar-refractivity contribution in [3.05, 3.63) is 88.4 Å². The monoisotopic (exact) mass is 494 g/mol. The minimum Gasteiger partial charge on any atom is -0.325 e. The third-order valence-corrected chi connectivity index (χ3v) is 6.20. The van der Waals surface area contributed by atoms with Crippen LogP contribution in [0, 0.1) is 0 Å². The van der Waals surface area contributed by atoms with Crippen LogP contribution in [0.1, 0.15) is 12.5 Å². The van der Waals surface area contributed by atoms with Gasteiger partial charge in [0.2, 0.25) is 11.1 Å². The highest BCUT2D eigenvalue weighted by Gasteiger charge is 2.15. The number of carbonyl (C=O) groups excluding carboxylic acids is 1. The molecule has 1 amide bonds. The molecule has 4 aromatic rings. The van der Waals surface area contributed by atoms with Crippen molar-refractivity contribution < 1.29 is 4.79 Å². The van der Waals surface area contributed by atoms with E-state index in [0.717, 1.165) is 23.2 Å². The van der Waals surface area contributed by atoms with Gasteiger partial charge in [-0.2, -0.15) is 0 Å². The number of aryl methyl sites for hydroxylation is 1. The third kappa shape index (κ3) is 6.11. The molecule has 1 N–H and O–H groups in total. The maximum Gasteiger partial charge on any atom is 0.234 e. The summed E-state index contributed by atoms with van der Waals surface area (Å²) in [5, 5.41) is 13.3. The summed E-state index contributed by atoms with van der Waals surface area (Å²) >= 11 is 13.3. The van der Waals surface area contributed by atoms with Crippen molar-refractivity contribution in [1.82, 2.24) is 15.2 Å². The van der Waals surface area contributed by atoms with Gasteiger partial charge in [-0.15, -0.1) is 10.2 Å². The van der Waals surface area contributed by atoms with Gasteiger partial charge in [0.1, 0.15) is 11.4 Å². The maximum absolute atomic E-state index is 12.5. The molecule has 0 spiro atoms. The molecule has 0 fully saturated rings. The van der Waals surface area contributed by atoms with Crippen molar-refractivity contribution in [1.29, 1.82) is 0 Å². The summed E-state index contributed by atoms with van der Waals surface area (Å²) < 4.78 is 0. The Hall–Kier alpha value is -2.93. The predicted molar refractivity (Wildman–Crippen MR) is 136 cm³/mol. The highest BCUT2D eigenvalue weighted by molar-refractivity contribution is 7.99. The zero-order valence-corrected chi connectivity index (χ0v) is 20.1. The van der Waals surface area contributed by atoms with Crippen LogP contribution in [-0.2, 0) is 11.2 Å². The van der Waals surface area contributed by atoms with Crippen LogP contribution in [-0.4, -0.2) is 26.8 Å². The Morgan fingerprint density at radius 2 is 1.52 bits per heavy atom. The average molecular weight is 495 g/mol. The zero-order chi connectivity index (χ0) is 23.2. The van der Waals surface area contributed by atoms with Crippen molar-refractivity contribution in [2.75, 3.05) is 11.1 Å². The summed E-state index contributed by atoms with van der Waals surface area (Å²) in [6, 6.07) is 22.5. The summed E-state index contributed by atoms with van der Waals surface area (Å²) in [5.74, 6) is 0.0324. The Morgan fingerprint density at radius 3 is 2.15 bits per heavy atom. The van der Waals surface area contributed by atoms with Gasteiger partial charge >= 0.3 is 0 Å².